The number of aromatic nitrogens is 1. The Morgan fingerprint density at radius 1 is 1.41 bits per heavy atom. The van der Waals surface area contributed by atoms with Gasteiger partial charge in [-0.15, -0.1) is 11.3 Å². The molecule has 1 heterocycles. The highest BCUT2D eigenvalue weighted by Crippen LogP contribution is 2.25. The molecule has 2 N–H and O–H groups in total. The largest absolute Gasteiger partial charge is 0.355 e. The first-order chi connectivity index (χ1) is 7.89. The fourth-order valence-corrected chi connectivity index (χ4v) is 2.18. The second-order valence-electron chi connectivity index (χ2n) is 5.05. The molecule has 4 nitrogen and oxygen atoms in total. The average Bonchev–Trinajstić information content (AvgIpc) is 2.64. The summed E-state index contributed by atoms with van der Waals surface area (Å²) in [7, 11) is 0. The maximum Gasteiger partial charge on any atom is 0.216 e. The van der Waals surface area contributed by atoms with Crippen molar-refractivity contribution in [1.82, 2.24) is 15.6 Å². The van der Waals surface area contributed by atoms with Gasteiger partial charge in [0.1, 0.15) is 0 Å². The Labute approximate surface area is 107 Å². The Kier molecular flexibility index (Phi) is 5.08. The molecule has 1 aromatic rings. The number of hydrogen-bond donors (Lipinski definition) is 2. The zero-order valence-corrected chi connectivity index (χ0v) is 11.8. The van der Waals surface area contributed by atoms with Crippen molar-refractivity contribution in [2.45, 2.75) is 39.7 Å². The summed E-state index contributed by atoms with van der Waals surface area (Å²) in [5.74, 6) is 0.00970. The smallest absolute Gasteiger partial charge is 0.216 e. The van der Waals surface area contributed by atoms with Gasteiger partial charge in [0.25, 0.3) is 0 Å². The van der Waals surface area contributed by atoms with Crippen molar-refractivity contribution in [3.8, 4) is 0 Å². The SMILES string of the molecule is CC(=O)NCCNCc1csc(C(C)(C)C)n1. The first-order valence-corrected chi connectivity index (χ1v) is 6.67. The molecule has 1 aromatic heterocycles. The number of rotatable bonds is 5. The zero-order valence-electron chi connectivity index (χ0n) is 11.0. The maximum atomic E-state index is 10.6. The van der Waals surface area contributed by atoms with Gasteiger partial charge in [0, 0.05) is 37.4 Å². The number of nitrogens with zero attached hydrogens (tertiary/aromatic N) is 1. The van der Waals surface area contributed by atoms with Gasteiger partial charge in [-0.1, -0.05) is 20.8 Å². The second kappa shape index (κ2) is 6.12. The normalized spacial score (nSPS) is 11.5. The van der Waals surface area contributed by atoms with Crippen molar-refractivity contribution in [1.29, 1.82) is 0 Å². The van der Waals surface area contributed by atoms with Crippen LogP contribution in [-0.2, 0) is 16.8 Å². The van der Waals surface area contributed by atoms with Gasteiger partial charge >= 0.3 is 0 Å². The molecule has 0 fully saturated rings. The fraction of sp³-hybridized carbons (Fsp3) is 0.667. The number of carbonyl (C=O) groups is 1. The lowest BCUT2D eigenvalue weighted by atomic mass is 9.98. The van der Waals surface area contributed by atoms with Crippen molar-refractivity contribution in [3.63, 3.8) is 0 Å². The molecule has 0 aliphatic heterocycles. The molecule has 17 heavy (non-hydrogen) atoms. The van der Waals surface area contributed by atoms with Gasteiger partial charge in [-0.25, -0.2) is 4.98 Å². The molecule has 0 atom stereocenters. The number of amides is 1. The molecule has 0 saturated heterocycles. The Hall–Kier alpha value is -0.940. The summed E-state index contributed by atoms with van der Waals surface area (Å²) < 4.78 is 0. The van der Waals surface area contributed by atoms with Crippen molar-refractivity contribution in [2.75, 3.05) is 13.1 Å². The van der Waals surface area contributed by atoms with E-state index in [-0.39, 0.29) is 11.3 Å². The zero-order chi connectivity index (χ0) is 12.9. The number of thiazole rings is 1. The van der Waals surface area contributed by atoms with E-state index in [1.54, 1.807) is 11.3 Å². The molecule has 5 heteroatoms. The summed E-state index contributed by atoms with van der Waals surface area (Å²) in [6.45, 7) is 10.2. The number of hydrogen-bond acceptors (Lipinski definition) is 4. The summed E-state index contributed by atoms with van der Waals surface area (Å²) in [5, 5.41) is 9.25. The van der Waals surface area contributed by atoms with E-state index in [1.807, 2.05) is 0 Å². The van der Waals surface area contributed by atoms with Gasteiger partial charge in [0.05, 0.1) is 10.7 Å². The Morgan fingerprint density at radius 3 is 2.65 bits per heavy atom. The van der Waals surface area contributed by atoms with E-state index < -0.39 is 0 Å². The first-order valence-electron chi connectivity index (χ1n) is 5.79. The van der Waals surface area contributed by atoms with E-state index in [0.29, 0.717) is 6.54 Å². The van der Waals surface area contributed by atoms with Crippen LogP contribution in [-0.4, -0.2) is 24.0 Å². The molecule has 0 unspecified atom stereocenters. The standard InChI is InChI=1S/C12H21N3OS/c1-9(16)14-6-5-13-7-10-8-17-11(15-10)12(2,3)4/h8,13H,5-7H2,1-4H3,(H,14,16). The summed E-state index contributed by atoms with van der Waals surface area (Å²) >= 11 is 1.70. The van der Waals surface area contributed by atoms with E-state index in [4.69, 9.17) is 0 Å². The molecule has 0 radical (unpaired) electrons. The van der Waals surface area contributed by atoms with Crippen LogP contribution in [0.25, 0.3) is 0 Å². The summed E-state index contributed by atoms with van der Waals surface area (Å²) in [6.07, 6.45) is 0. The Bertz CT molecular complexity index is 368. The third-order valence-electron chi connectivity index (χ3n) is 2.18. The molecular formula is C12H21N3OS. The van der Waals surface area contributed by atoms with Gasteiger partial charge in [-0.2, -0.15) is 0 Å². The molecule has 1 rings (SSSR count). The molecule has 0 saturated carbocycles. The third kappa shape index (κ3) is 5.28. The van der Waals surface area contributed by atoms with Crippen LogP contribution < -0.4 is 10.6 Å². The van der Waals surface area contributed by atoms with Crippen LogP contribution in [0, 0.1) is 0 Å². The van der Waals surface area contributed by atoms with Crippen LogP contribution >= 0.6 is 11.3 Å². The minimum Gasteiger partial charge on any atom is -0.355 e. The molecule has 0 aliphatic rings. The highest BCUT2D eigenvalue weighted by atomic mass is 32.1. The second-order valence-corrected chi connectivity index (χ2v) is 5.91. The Balaban J connectivity index is 2.28. The molecule has 0 aliphatic carbocycles. The monoisotopic (exact) mass is 255 g/mol. The van der Waals surface area contributed by atoms with Crippen LogP contribution in [0.1, 0.15) is 38.4 Å². The van der Waals surface area contributed by atoms with Crippen LogP contribution in [0.2, 0.25) is 0 Å². The van der Waals surface area contributed by atoms with Gasteiger partial charge in [-0.3, -0.25) is 4.79 Å². The lowest BCUT2D eigenvalue weighted by Gasteiger charge is -2.13. The third-order valence-corrected chi connectivity index (χ3v) is 3.49. The number of carbonyl (C=O) groups excluding carboxylic acids is 1. The summed E-state index contributed by atoms with van der Waals surface area (Å²) in [5.41, 5.74) is 1.20. The molecule has 0 aromatic carbocycles. The van der Waals surface area contributed by atoms with Crippen molar-refractivity contribution < 1.29 is 4.79 Å². The molecule has 96 valence electrons. The quantitative estimate of drug-likeness (QED) is 0.787. The van der Waals surface area contributed by atoms with Crippen LogP contribution in [0.3, 0.4) is 0 Å². The first kappa shape index (κ1) is 14.1. The van der Waals surface area contributed by atoms with E-state index >= 15 is 0 Å². The van der Waals surface area contributed by atoms with E-state index in [9.17, 15) is 4.79 Å². The van der Waals surface area contributed by atoms with Gasteiger partial charge in [-0.05, 0) is 0 Å². The predicted molar refractivity (Wildman–Crippen MR) is 71.2 cm³/mol. The molecular weight excluding hydrogens is 234 g/mol. The lowest BCUT2D eigenvalue weighted by Crippen LogP contribution is -2.30. The minimum absolute atomic E-state index is 0.00970. The van der Waals surface area contributed by atoms with Crippen LogP contribution in [0.5, 0.6) is 0 Å². The minimum atomic E-state index is 0.00970. The van der Waals surface area contributed by atoms with Crippen molar-refractivity contribution in [2.24, 2.45) is 0 Å². The predicted octanol–water partition coefficient (Wildman–Crippen LogP) is 1.67. The summed E-state index contributed by atoms with van der Waals surface area (Å²) in [6, 6.07) is 0. The van der Waals surface area contributed by atoms with Gasteiger partial charge in [0.15, 0.2) is 0 Å². The topological polar surface area (TPSA) is 54.0 Å². The van der Waals surface area contributed by atoms with Crippen molar-refractivity contribution >= 4 is 17.2 Å². The van der Waals surface area contributed by atoms with Gasteiger partial charge in [0.2, 0.25) is 5.91 Å². The molecule has 1 amide bonds. The number of nitrogens with one attached hydrogen (secondary N) is 2. The average molecular weight is 255 g/mol. The van der Waals surface area contributed by atoms with E-state index in [0.717, 1.165) is 23.8 Å². The highest BCUT2D eigenvalue weighted by Gasteiger charge is 2.17. The molecule has 0 spiro atoms. The Morgan fingerprint density at radius 2 is 2.12 bits per heavy atom. The van der Waals surface area contributed by atoms with E-state index in [2.05, 4.69) is 41.8 Å². The van der Waals surface area contributed by atoms with Gasteiger partial charge < -0.3 is 10.6 Å². The molecule has 0 bridgehead atoms. The van der Waals surface area contributed by atoms with Crippen LogP contribution in [0.15, 0.2) is 5.38 Å². The maximum absolute atomic E-state index is 10.6. The van der Waals surface area contributed by atoms with E-state index in [1.165, 1.54) is 6.92 Å². The van der Waals surface area contributed by atoms with Crippen molar-refractivity contribution in [3.05, 3.63) is 16.1 Å². The summed E-state index contributed by atoms with van der Waals surface area (Å²) in [4.78, 5) is 15.2. The van der Waals surface area contributed by atoms with Crippen LogP contribution in [0.4, 0.5) is 0 Å². The highest BCUT2D eigenvalue weighted by molar-refractivity contribution is 7.09. The lowest BCUT2D eigenvalue weighted by molar-refractivity contribution is -0.118. The fourth-order valence-electron chi connectivity index (χ4n) is 1.28.